The summed E-state index contributed by atoms with van der Waals surface area (Å²) >= 11 is 0. The summed E-state index contributed by atoms with van der Waals surface area (Å²) in [4.78, 5) is 2.53. The van der Waals surface area contributed by atoms with Crippen molar-refractivity contribution in [1.82, 2.24) is 0 Å². The molecule has 0 saturated heterocycles. The van der Waals surface area contributed by atoms with E-state index in [0.717, 1.165) is 0 Å². The fraction of sp³-hybridized carbons (Fsp3) is 0.0909. The van der Waals surface area contributed by atoms with Crippen molar-refractivity contribution in [2.45, 2.75) is 19.9 Å². The van der Waals surface area contributed by atoms with Gasteiger partial charge in [0.15, 0.2) is 0 Å². The second kappa shape index (κ2) is 7.20. The second-order valence-corrected chi connectivity index (χ2v) is 9.53. The molecule has 0 spiro atoms. The van der Waals surface area contributed by atoms with Crippen LogP contribution in [0, 0.1) is 0 Å². The first-order chi connectivity index (χ1) is 16.7. The lowest BCUT2D eigenvalue weighted by Crippen LogP contribution is -2.26. The summed E-state index contributed by atoms with van der Waals surface area (Å²) in [6, 6.07) is 40.4. The third kappa shape index (κ3) is 2.61. The maximum atomic E-state index is 2.53. The average Bonchev–Trinajstić information content (AvgIpc) is 3.21. The van der Waals surface area contributed by atoms with Gasteiger partial charge in [-0.1, -0.05) is 97.1 Å². The predicted molar refractivity (Wildman–Crippen MR) is 147 cm³/mol. The number of hydrogen-bond acceptors (Lipinski definition) is 1. The number of rotatable bonds is 3. The molecule has 0 saturated carbocycles. The van der Waals surface area contributed by atoms with Crippen LogP contribution in [0.4, 0.5) is 11.4 Å². The number of hydrogen-bond donors (Lipinski definition) is 0. The first-order valence-electron chi connectivity index (χ1n) is 12.1. The van der Waals surface area contributed by atoms with E-state index >= 15 is 0 Å². The van der Waals surface area contributed by atoms with Crippen LogP contribution in [0.15, 0.2) is 109 Å². The van der Waals surface area contributed by atoms with Crippen molar-refractivity contribution in [2.75, 3.05) is 4.90 Å². The van der Waals surface area contributed by atoms with Gasteiger partial charge in [-0.3, -0.25) is 0 Å². The highest BCUT2D eigenvalue weighted by Gasteiger charge is 2.25. The highest BCUT2D eigenvalue weighted by Crippen LogP contribution is 2.50. The zero-order valence-electron chi connectivity index (χ0n) is 19.4. The summed E-state index contributed by atoms with van der Waals surface area (Å²) in [6.07, 6.45) is 0. The Bertz CT molecular complexity index is 1710. The van der Waals surface area contributed by atoms with E-state index in [1.165, 1.54) is 65.9 Å². The van der Waals surface area contributed by atoms with Crippen LogP contribution in [0.3, 0.4) is 0 Å². The Morgan fingerprint density at radius 1 is 0.471 bits per heavy atom. The molecule has 1 aliphatic carbocycles. The molecule has 1 nitrogen and oxygen atoms in total. The molecule has 6 aromatic carbocycles. The SMILES string of the molecule is CC(C)N(c1ccc2c3c(cccc13)-c1ccccc1-2)c1cc2ccccc2c2ccccc12. The Morgan fingerprint density at radius 2 is 1.06 bits per heavy atom. The fourth-order valence-electron chi connectivity index (χ4n) is 5.92. The highest BCUT2D eigenvalue weighted by atomic mass is 15.2. The van der Waals surface area contributed by atoms with Crippen molar-refractivity contribution < 1.29 is 0 Å². The van der Waals surface area contributed by atoms with Crippen LogP contribution in [0.25, 0.3) is 54.6 Å². The van der Waals surface area contributed by atoms with Crippen molar-refractivity contribution in [3.05, 3.63) is 109 Å². The summed E-state index contributed by atoms with van der Waals surface area (Å²) in [5.74, 6) is 0. The van der Waals surface area contributed by atoms with Gasteiger partial charge in [-0.05, 0) is 69.8 Å². The molecule has 162 valence electrons. The van der Waals surface area contributed by atoms with E-state index in [2.05, 4.69) is 128 Å². The van der Waals surface area contributed by atoms with Crippen LogP contribution >= 0.6 is 0 Å². The number of nitrogens with zero attached hydrogens (tertiary/aromatic N) is 1. The monoisotopic (exact) mass is 435 g/mol. The molecular weight excluding hydrogens is 410 g/mol. The van der Waals surface area contributed by atoms with Gasteiger partial charge in [0.1, 0.15) is 0 Å². The molecule has 0 heterocycles. The van der Waals surface area contributed by atoms with Gasteiger partial charge in [-0.15, -0.1) is 0 Å². The fourth-order valence-corrected chi connectivity index (χ4v) is 5.92. The minimum absolute atomic E-state index is 0.297. The van der Waals surface area contributed by atoms with E-state index < -0.39 is 0 Å². The van der Waals surface area contributed by atoms with Crippen molar-refractivity contribution in [3.8, 4) is 22.3 Å². The molecule has 0 N–H and O–H groups in total. The van der Waals surface area contributed by atoms with E-state index in [-0.39, 0.29) is 0 Å². The van der Waals surface area contributed by atoms with Gasteiger partial charge in [0, 0.05) is 28.2 Å². The first-order valence-corrected chi connectivity index (χ1v) is 12.1. The van der Waals surface area contributed by atoms with Gasteiger partial charge >= 0.3 is 0 Å². The summed E-state index contributed by atoms with van der Waals surface area (Å²) < 4.78 is 0. The maximum Gasteiger partial charge on any atom is 0.0499 e. The third-order valence-corrected chi connectivity index (χ3v) is 7.31. The molecule has 0 aromatic heterocycles. The maximum absolute atomic E-state index is 2.53. The van der Waals surface area contributed by atoms with Crippen molar-refractivity contribution in [1.29, 1.82) is 0 Å². The Hall–Kier alpha value is -4.10. The molecule has 0 fully saturated rings. The molecule has 1 heteroatoms. The molecule has 0 amide bonds. The van der Waals surface area contributed by atoms with Crippen LogP contribution in [0.1, 0.15) is 13.8 Å². The van der Waals surface area contributed by atoms with Crippen molar-refractivity contribution in [2.24, 2.45) is 0 Å². The summed E-state index contributed by atoms with van der Waals surface area (Å²) in [5, 5.41) is 7.87. The lowest BCUT2D eigenvalue weighted by atomic mass is 9.97. The number of fused-ring (bicyclic) bond motifs is 6. The molecular formula is C33H25N. The molecule has 0 bridgehead atoms. The van der Waals surface area contributed by atoms with Crippen LogP contribution < -0.4 is 4.90 Å². The van der Waals surface area contributed by atoms with E-state index in [1.807, 2.05) is 0 Å². The quantitative estimate of drug-likeness (QED) is 0.250. The van der Waals surface area contributed by atoms with Crippen molar-refractivity contribution >= 4 is 43.7 Å². The summed E-state index contributed by atoms with van der Waals surface area (Å²) in [6.45, 7) is 4.59. The minimum Gasteiger partial charge on any atom is -0.338 e. The lowest BCUT2D eigenvalue weighted by Gasteiger charge is -2.32. The molecule has 0 aliphatic heterocycles. The smallest absolute Gasteiger partial charge is 0.0499 e. The van der Waals surface area contributed by atoms with Gasteiger partial charge in [-0.25, -0.2) is 0 Å². The van der Waals surface area contributed by atoms with Crippen LogP contribution in [-0.2, 0) is 0 Å². The zero-order valence-corrected chi connectivity index (χ0v) is 19.4. The minimum atomic E-state index is 0.297. The molecule has 1 aliphatic rings. The van der Waals surface area contributed by atoms with Crippen LogP contribution in [0.5, 0.6) is 0 Å². The lowest BCUT2D eigenvalue weighted by molar-refractivity contribution is 0.794. The van der Waals surface area contributed by atoms with E-state index in [4.69, 9.17) is 0 Å². The van der Waals surface area contributed by atoms with E-state index in [9.17, 15) is 0 Å². The Balaban J connectivity index is 1.55. The molecule has 0 atom stereocenters. The van der Waals surface area contributed by atoms with Gasteiger partial charge in [0.25, 0.3) is 0 Å². The normalized spacial score (nSPS) is 12.1. The topological polar surface area (TPSA) is 3.24 Å². The van der Waals surface area contributed by atoms with Gasteiger partial charge < -0.3 is 4.90 Å². The molecule has 34 heavy (non-hydrogen) atoms. The molecule has 6 aromatic rings. The van der Waals surface area contributed by atoms with Gasteiger partial charge in [-0.2, -0.15) is 0 Å². The Labute approximate surface area is 199 Å². The van der Waals surface area contributed by atoms with E-state index in [1.54, 1.807) is 0 Å². The van der Waals surface area contributed by atoms with Gasteiger partial charge in [0.05, 0.1) is 0 Å². The Kier molecular flexibility index (Phi) is 4.10. The van der Waals surface area contributed by atoms with Crippen molar-refractivity contribution in [3.63, 3.8) is 0 Å². The molecule has 7 rings (SSSR count). The number of anilines is 2. The summed E-state index contributed by atoms with van der Waals surface area (Å²) in [7, 11) is 0. The molecule has 0 radical (unpaired) electrons. The third-order valence-electron chi connectivity index (χ3n) is 7.31. The molecule has 0 unspecified atom stereocenters. The highest BCUT2D eigenvalue weighted by molar-refractivity contribution is 6.20. The zero-order chi connectivity index (χ0) is 22.8. The second-order valence-electron chi connectivity index (χ2n) is 9.53. The van der Waals surface area contributed by atoms with Crippen LogP contribution in [0.2, 0.25) is 0 Å². The van der Waals surface area contributed by atoms with Gasteiger partial charge in [0.2, 0.25) is 0 Å². The van der Waals surface area contributed by atoms with Crippen LogP contribution in [-0.4, -0.2) is 6.04 Å². The largest absolute Gasteiger partial charge is 0.338 e. The Morgan fingerprint density at radius 3 is 1.82 bits per heavy atom. The van der Waals surface area contributed by atoms with E-state index in [0.29, 0.717) is 6.04 Å². The first kappa shape index (κ1) is 19.4. The number of benzene rings is 6. The average molecular weight is 436 g/mol. The summed E-state index contributed by atoms with van der Waals surface area (Å²) in [5.41, 5.74) is 7.90. The predicted octanol–water partition coefficient (Wildman–Crippen LogP) is 9.34. The standard InChI is InChI=1S/C33H25N/c1-21(2)34(32-20-22-10-3-4-11-23(22)24-12-7-8-15-27(24)32)31-19-18-29-26-14-6-5-13-25(26)28-16-9-17-30(31)33(28)29/h3-21H,1-2H3.